The van der Waals surface area contributed by atoms with Gasteiger partial charge < -0.3 is 29.7 Å². The van der Waals surface area contributed by atoms with Crippen molar-refractivity contribution in [1.82, 2.24) is 10.2 Å². The molecular formula is C33H44ClN3O7. The van der Waals surface area contributed by atoms with Crippen molar-refractivity contribution in [3.05, 3.63) is 54.6 Å². The van der Waals surface area contributed by atoms with Crippen molar-refractivity contribution >= 4 is 41.0 Å². The van der Waals surface area contributed by atoms with Gasteiger partial charge in [-0.2, -0.15) is 0 Å². The van der Waals surface area contributed by atoms with Gasteiger partial charge >= 0.3 is 5.97 Å². The van der Waals surface area contributed by atoms with Crippen LogP contribution >= 0.6 is 11.6 Å². The predicted octanol–water partition coefficient (Wildman–Crippen LogP) is 3.80. The van der Waals surface area contributed by atoms with E-state index in [1.54, 1.807) is 48.2 Å². The van der Waals surface area contributed by atoms with E-state index < -0.39 is 41.7 Å². The molecule has 2 N–H and O–H groups in total. The van der Waals surface area contributed by atoms with E-state index in [4.69, 9.17) is 21.1 Å². The number of unbranched alkanes of at least 4 members (excludes halogenated alkanes) is 3. The van der Waals surface area contributed by atoms with Gasteiger partial charge in [-0.3, -0.25) is 19.2 Å². The molecule has 3 aliphatic heterocycles. The number of aliphatic hydroxyl groups excluding tert-OH is 1. The van der Waals surface area contributed by atoms with Gasteiger partial charge in [0.2, 0.25) is 11.8 Å². The van der Waals surface area contributed by atoms with Gasteiger partial charge in [-0.1, -0.05) is 48.7 Å². The summed E-state index contributed by atoms with van der Waals surface area (Å²) in [5.41, 5.74) is -0.682. The first kappa shape index (κ1) is 33.7. The Hall–Kier alpha value is -3.21. The Morgan fingerprint density at radius 1 is 1.23 bits per heavy atom. The van der Waals surface area contributed by atoms with Gasteiger partial charge in [0.05, 0.1) is 35.2 Å². The molecule has 1 spiro atoms. The van der Waals surface area contributed by atoms with Gasteiger partial charge in [0, 0.05) is 26.1 Å². The van der Waals surface area contributed by atoms with Gasteiger partial charge in [-0.05, 0) is 51.2 Å². The number of carbonyl (C=O) groups excluding carboxylic acids is 4. The second-order valence-corrected chi connectivity index (χ2v) is 12.2. The highest BCUT2D eigenvalue weighted by atomic mass is 35.5. The molecule has 3 aliphatic rings. The third kappa shape index (κ3) is 6.87. The average Bonchev–Trinajstić information content (AvgIpc) is 3.65. The molecule has 0 radical (unpaired) electrons. The maximum atomic E-state index is 14.5. The average molecular weight is 630 g/mol. The van der Waals surface area contributed by atoms with Crippen molar-refractivity contribution in [3.63, 3.8) is 0 Å². The molecule has 4 rings (SSSR count). The summed E-state index contributed by atoms with van der Waals surface area (Å²) in [6.07, 6.45) is 6.76. The number of benzene rings is 1. The molecule has 3 saturated heterocycles. The number of likely N-dealkylation sites (tertiary alicyclic amines) is 1. The number of aliphatic hydroxyl groups is 1. The highest BCUT2D eigenvalue weighted by molar-refractivity contribution is 6.34. The molecule has 6 atom stereocenters. The molecule has 44 heavy (non-hydrogen) atoms. The lowest BCUT2D eigenvalue weighted by molar-refractivity contribution is -0.159. The summed E-state index contributed by atoms with van der Waals surface area (Å²) in [7, 11) is 0. The van der Waals surface area contributed by atoms with Crippen LogP contribution in [-0.4, -0.2) is 83.8 Å². The Balaban J connectivity index is 1.59. The Morgan fingerprint density at radius 3 is 2.68 bits per heavy atom. The van der Waals surface area contributed by atoms with E-state index >= 15 is 0 Å². The van der Waals surface area contributed by atoms with E-state index in [0.717, 1.165) is 12.8 Å². The number of carbonyl (C=O) groups is 4. The van der Waals surface area contributed by atoms with Crippen molar-refractivity contribution in [2.45, 2.75) is 82.1 Å². The summed E-state index contributed by atoms with van der Waals surface area (Å²) in [5.74, 6) is -3.09. The van der Waals surface area contributed by atoms with E-state index in [1.807, 2.05) is 0 Å². The second-order valence-electron chi connectivity index (χ2n) is 11.8. The largest absolute Gasteiger partial charge is 0.460 e. The van der Waals surface area contributed by atoms with Crippen LogP contribution in [0.3, 0.4) is 0 Å². The van der Waals surface area contributed by atoms with Crippen molar-refractivity contribution in [2.75, 3.05) is 31.1 Å². The van der Waals surface area contributed by atoms with E-state index in [0.29, 0.717) is 55.8 Å². The lowest BCUT2D eigenvalue weighted by atomic mass is 9.70. The highest BCUT2D eigenvalue weighted by Crippen LogP contribution is 2.59. The molecule has 2 bridgehead atoms. The van der Waals surface area contributed by atoms with Gasteiger partial charge in [0.25, 0.3) is 5.91 Å². The fourth-order valence-electron chi connectivity index (χ4n) is 6.84. The van der Waals surface area contributed by atoms with Crippen molar-refractivity contribution in [3.8, 4) is 0 Å². The van der Waals surface area contributed by atoms with Crippen molar-refractivity contribution < 1.29 is 33.8 Å². The smallest absolute Gasteiger partial charge is 0.312 e. The molecule has 10 nitrogen and oxygen atoms in total. The number of allylic oxidation sites excluding steroid dienone is 1. The van der Waals surface area contributed by atoms with E-state index in [1.165, 1.54) is 4.90 Å². The fraction of sp³-hybridized carbons (Fsp3) is 0.576. The second kappa shape index (κ2) is 15.2. The van der Waals surface area contributed by atoms with Crippen LogP contribution < -0.4 is 10.2 Å². The third-order valence-electron chi connectivity index (χ3n) is 8.81. The summed E-state index contributed by atoms with van der Waals surface area (Å²) in [5, 5.41) is 12.3. The number of halogens is 1. The number of para-hydroxylation sites is 1. The Labute approximate surface area is 264 Å². The highest BCUT2D eigenvalue weighted by Gasteiger charge is 2.75. The van der Waals surface area contributed by atoms with E-state index in [-0.39, 0.29) is 37.4 Å². The molecule has 0 saturated carbocycles. The minimum absolute atomic E-state index is 0.0965. The van der Waals surface area contributed by atoms with E-state index in [9.17, 15) is 24.3 Å². The molecule has 1 aromatic carbocycles. The summed E-state index contributed by atoms with van der Waals surface area (Å²) < 4.78 is 12.3. The van der Waals surface area contributed by atoms with Gasteiger partial charge in [0.15, 0.2) is 0 Å². The minimum atomic E-state index is -1.18. The monoisotopic (exact) mass is 629 g/mol. The molecule has 0 aromatic heterocycles. The van der Waals surface area contributed by atoms with Crippen LogP contribution in [0.4, 0.5) is 5.69 Å². The number of anilines is 1. The van der Waals surface area contributed by atoms with Crippen LogP contribution in [0.5, 0.6) is 0 Å². The zero-order valence-electron chi connectivity index (χ0n) is 25.4. The zero-order chi connectivity index (χ0) is 31.9. The van der Waals surface area contributed by atoms with Gasteiger partial charge in [0.1, 0.15) is 17.7 Å². The maximum Gasteiger partial charge on any atom is 0.312 e. The lowest BCUT2D eigenvalue weighted by Crippen LogP contribution is -2.56. The molecular weight excluding hydrogens is 586 g/mol. The predicted molar refractivity (Wildman–Crippen MR) is 167 cm³/mol. The number of fused-ring (bicyclic) bond motifs is 1. The SMILES string of the molecule is C=CCCC(=O)NC[C@@H](C)OC(=O)[C@@H]1[C@H]2C(=O)N(CCCCCCO)[C@H](C(=O)N(CC=C)c3ccccc3Cl)[C@]23CC[C@H]1O3. The standard InChI is InChI=1S/C33H44ClN3O7/c1-4-6-15-26(39)35-21-22(3)43-32(42)27-25-16-17-33(44-25)28(27)30(40)37(19-11-7-8-12-20-38)29(33)31(41)36(18-5-2)24-14-10-9-13-23(24)34/h4-5,9-10,13-14,22,25,27-29,38H,1-2,6-8,11-12,15-21H2,3H3,(H,35,39)/t22-,25-,27+,28+,29-,33+/m1/s1. The molecule has 1 aromatic rings. The van der Waals surface area contributed by atoms with Crippen LogP contribution in [0.15, 0.2) is 49.6 Å². The number of hydrogen-bond donors (Lipinski definition) is 2. The lowest BCUT2D eigenvalue weighted by Gasteiger charge is -2.37. The number of nitrogens with one attached hydrogen (secondary N) is 1. The molecule has 3 heterocycles. The maximum absolute atomic E-state index is 14.5. The number of esters is 1. The quantitative estimate of drug-likeness (QED) is 0.153. The zero-order valence-corrected chi connectivity index (χ0v) is 26.2. The van der Waals surface area contributed by atoms with Gasteiger partial charge in [-0.15, -0.1) is 13.2 Å². The fourth-order valence-corrected chi connectivity index (χ4v) is 7.08. The first-order valence-corrected chi connectivity index (χ1v) is 15.9. The molecule has 0 unspecified atom stereocenters. The summed E-state index contributed by atoms with van der Waals surface area (Å²) >= 11 is 6.52. The first-order chi connectivity index (χ1) is 21.2. The van der Waals surface area contributed by atoms with Crippen molar-refractivity contribution in [1.29, 1.82) is 0 Å². The minimum Gasteiger partial charge on any atom is -0.460 e. The number of rotatable bonds is 17. The molecule has 240 valence electrons. The Morgan fingerprint density at radius 2 is 1.98 bits per heavy atom. The number of amides is 3. The van der Waals surface area contributed by atoms with Crippen LogP contribution in [-0.2, 0) is 28.7 Å². The van der Waals surface area contributed by atoms with Crippen LogP contribution in [0.1, 0.15) is 58.3 Å². The summed E-state index contributed by atoms with van der Waals surface area (Å²) in [4.78, 5) is 57.5. The number of nitrogens with zero attached hydrogens (tertiary/aromatic N) is 2. The Kier molecular flexibility index (Phi) is 11.6. The molecule has 11 heteroatoms. The summed E-state index contributed by atoms with van der Waals surface area (Å²) in [6.45, 7) is 9.85. The Bertz CT molecular complexity index is 1240. The third-order valence-corrected chi connectivity index (χ3v) is 9.13. The van der Waals surface area contributed by atoms with Crippen LogP contribution in [0.2, 0.25) is 5.02 Å². The first-order valence-electron chi connectivity index (χ1n) is 15.5. The molecule has 0 aliphatic carbocycles. The van der Waals surface area contributed by atoms with Gasteiger partial charge in [-0.25, -0.2) is 0 Å². The molecule has 3 fully saturated rings. The van der Waals surface area contributed by atoms with Crippen molar-refractivity contribution in [2.24, 2.45) is 11.8 Å². The van der Waals surface area contributed by atoms with Crippen LogP contribution in [0.25, 0.3) is 0 Å². The topological polar surface area (TPSA) is 125 Å². The normalized spacial score (nSPS) is 25.8. The molecule has 3 amide bonds. The number of ether oxygens (including phenoxy) is 2. The van der Waals surface area contributed by atoms with Crippen LogP contribution in [0, 0.1) is 11.8 Å². The number of hydrogen-bond acceptors (Lipinski definition) is 7. The summed E-state index contributed by atoms with van der Waals surface area (Å²) in [6, 6.07) is 6.06. The van der Waals surface area contributed by atoms with E-state index in [2.05, 4.69) is 18.5 Å².